The van der Waals surface area contributed by atoms with Crippen molar-refractivity contribution in [3.05, 3.63) is 48.0 Å². The van der Waals surface area contributed by atoms with Crippen molar-refractivity contribution in [1.29, 1.82) is 0 Å². The van der Waals surface area contributed by atoms with E-state index in [1.54, 1.807) is 0 Å². The van der Waals surface area contributed by atoms with Crippen molar-refractivity contribution in [1.82, 2.24) is 0 Å². The highest BCUT2D eigenvalue weighted by atomic mass is 16.3. The minimum absolute atomic E-state index is 0.222. The molecule has 0 saturated carbocycles. The highest BCUT2D eigenvalue weighted by molar-refractivity contribution is 5.25. The average Bonchev–Trinajstić information content (AvgIpc) is 2.18. The Morgan fingerprint density at radius 1 is 1.33 bits per heavy atom. The lowest BCUT2D eigenvalue weighted by atomic mass is 9.77. The molecule has 0 fully saturated rings. The summed E-state index contributed by atoms with van der Waals surface area (Å²) in [5, 5.41) is 10.1. The summed E-state index contributed by atoms with van der Waals surface area (Å²) in [6, 6.07) is 10.1. The van der Waals surface area contributed by atoms with E-state index in [2.05, 4.69) is 32.6 Å². The lowest BCUT2D eigenvalue weighted by Crippen LogP contribution is -2.33. The molecule has 0 spiro atoms. The summed E-state index contributed by atoms with van der Waals surface area (Å²) in [7, 11) is 0. The minimum atomic E-state index is -0.377. The first-order chi connectivity index (χ1) is 6.94. The molecule has 0 aliphatic carbocycles. The molecule has 15 heavy (non-hydrogen) atoms. The third kappa shape index (κ3) is 2.93. The van der Waals surface area contributed by atoms with Gasteiger partial charge in [-0.1, -0.05) is 49.8 Å². The highest BCUT2D eigenvalue weighted by Gasteiger charge is 2.29. The van der Waals surface area contributed by atoms with E-state index in [1.165, 1.54) is 5.56 Å². The molecule has 0 heterocycles. The van der Waals surface area contributed by atoms with Crippen LogP contribution in [0.1, 0.15) is 32.8 Å². The second-order valence-electron chi connectivity index (χ2n) is 4.76. The molecule has 0 aliphatic rings. The Hall–Kier alpha value is -1.08. The zero-order valence-electron chi connectivity index (χ0n) is 9.83. The van der Waals surface area contributed by atoms with Gasteiger partial charge < -0.3 is 5.11 Å². The Morgan fingerprint density at radius 2 is 1.87 bits per heavy atom. The largest absolute Gasteiger partial charge is 0.392 e. The molecule has 0 aliphatic heterocycles. The van der Waals surface area contributed by atoms with Crippen LogP contribution in [0.5, 0.6) is 0 Å². The molecule has 1 aromatic carbocycles. The van der Waals surface area contributed by atoms with E-state index >= 15 is 0 Å². The van der Waals surface area contributed by atoms with E-state index in [9.17, 15) is 5.11 Å². The van der Waals surface area contributed by atoms with E-state index in [4.69, 9.17) is 0 Å². The maximum atomic E-state index is 10.1. The Labute approximate surface area is 92.5 Å². The molecule has 0 saturated heterocycles. The minimum Gasteiger partial charge on any atom is -0.392 e. The summed E-state index contributed by atoms with van der Waals surface area (Å²) in [5.74, 6) is 0. The quantitative estimate of drug-likeness (QED) is 0.746. The number of rotatable bonds is 4. The van der Waals surface area contributed by atoms with Crippen LogP contribution in [0.25, 0.3) is 0 Å². The Morgan fingerprint density at radius 3 is 2.33 bits per heavy atom. The number of hydrogen-bond donors (Lipinski definition) is 1. The number of hydrogen-bond acceptors (Lipinski definition) is 1. The topological polar surface area (TPSA) is 20.2 Å². The molecule has 1 unspecified atom stereocenters. The first kappa shape index (κ1) is 12.0. The van der Waals surface area contributed by atoms with Crippen LogP contribution in [0.15, 0.2) is 42.5 Å². The monoisotopic (exact) mass is 204 g/mol. The zero-order valence-corrected chi connectivity index (χ0v) is 9.83. The van der Waals surface area contributed by atoms with Crippen molar-refractivity contribution >= 4 is 0 Å². The molecule has 1 rings (SSSR count). The molecule has 82 valence electrons. The van der Waals surface area contributed by atoms with Crippen molar-refractivity contribution in [2.75, 3.05) is 0 Å². The number of aliphatic hydroxyl groups excluding tert-OH is 1. The zero-order chi connectivity index (χ0) is 11.5. The lowest BCUT2D eigenvalue weighted by molar-refractivity contribution is 0.100. The van der Waals surface area contributed by atoms with Gasteiger partial charge in [0.15, 0.2) is 0 Å². The molecule has 1 heteroatoms. The van der Waals surface area contributed by atoms with Crippen LogP contribution in [0.2, 0.25) is 0 Å². The van der Waals surface area contributed by atoms with Gasteiger partial charge in [0.2, 0.25) is 0 Å². The molecule has 1 nitrogen and oxygen atoms in total. The van der Waals surface area contributed by atoms with Gasteiger partial charge in [-0.2, -0.15) is 0 Å². The predicted octanol–water partition coefficient (Wildman–Crippen LogP) is 3.29. The molecular formula is C14H20O. The summed E-state index contributed by atoms with van der Waals surface area (Å²) in [4.78, 5) is 0. The van der Waals surface area contributed by atoms with Crippen molar-refractivity contribution < 1.29 is 5.11 Å². The first-order valence-corrected chi connectivity index (χ1v) is 5.32. The van der Waals surface area contributed by atoms with Gasteiger partial charge in [0.05, 0.1) is 6.10 Å². The lowest BCUT2D eigenvalue weighted by Gasteiger charge is -2.31. The summed E-state index contributed by atoms with van der Waals surface area (Å²) in [6.07, 6.45) is 0.277. The van der Waals surface area contributed by atoms with E-state index < -0.39 is 0 Å². The van der Waals surface area contributed by atoms with Crippen LogP contribution in [0.3, 0.4) is 0 Å². The van der Waals surface area contributed by atoms with Gasteiger partial charge in [0.25, 0.3) is 0 Å². The Balaban J connectivity index is 2.87. The van der Waals surface area contributed by atoms with Crippen LogP contribution in [-0.4, -0.2) is 11.2 Å². The van der Waals surface area contributed by atoms with Crippen molar-refractivity contribution in [3.8, 4) is 0 Å². The fourth-order valence-electron chi connectivity index (χ4n) is 1.65. The number of benzene rings is 1. The SMILES string of the molecule is C=C(C)CC(O)C(C)(C)c1ccccc1. The first-order valence-electron chi connectivity index (χ1n) is 5.32. The van der Waals surface area contributed by atoms with Crippen LogP contribution in [-0.2, 0) is 5.41 Å². The van der Waals surface area contributed by atoms with Gasteiger partial charge in [-0.3, -0.25) is 0 Å². The van der Waals surface area contributed by atoms with Crippen LogP contribution in [0, 0.1) is 0 Å². The van der Waals surface area contributed by atoms with Gasteiger partial charge in [-0.05, 0) is 18.9 Å². The molecule has 0 bridgehead atoms. The predicted molar refractivity (Wildman–Crippen MR) is 64.9 cm³/mol. The molecule has 0 aromatic heterocycles. The van der Waals surface area contributed by atoms with E-state index in [0.717, 1.165) is 5.57 Å². The summed E-state index contributed by atoms with van der Waals surface area (Å²) >= 11 is 0. The standard InChI is InChI=1S/C14H20O/c1-11(2)10-13(15)14(3,4)12-8-6-5-7-9-12/h5-9,13,15H,1,10H2,2-4H3. The fourth-order valence-corrected chi connectivity index (χ4v) is 1.65. The Bertz CT molecular complexity index is 324. The van der Waals surface area contributed by atoms with Crippen molar-refractivity contribution in [3.63, 3.8) is 0 Å². The van der Waals surface area contributed by atoms with Gasteiger partial charge in [0, 0.05) is 5.41 Å². The van der Waals surface area contributed by atoms with E-state index in [1.807, 2.05) is 25.1 Å². The Kier molecular flexibility index (Phi) is 3.70. The van der Waals surface area contributed by atoms with Crippen LogP contribution >= 0.6 is 0 Å². The smallest absolute Gasteiger partial charge is 0.0668 e. The summed E-state index contributed by atoms with van der Waals surface area (Å²) in [5.41, 5.74) is 1.96. The maximum Gasteiger partial charge on any atom is 0.0668 e. The molecular weight excluding hydrogens is 184 g/mol. The maximum absolute atomic E-state index is 10.1. The van der Waals surface area contributed by atoms with Crippen LogP contribution < -0.4 is 0 Å². The summed E-state index contributed by atoms with van der Waals surface area (Å²) in [6.45, 7) is 9.92. The summed E-state index contributed by atoms with van der Waals surface area (Å²) < 4.78 is 0. The molecule has 0 radical (unpaired) electrons. The third-order valence-corrected chi connectivity index (χ3v) is 2.89. The molecule has 1 N–H and O–H groups in total. The van der Waals surface area contributed by atoms with Crippen LogP contribution in [0.4, 0.5) is 0 Å². The fraction of sp³-hybridized carbons (Fsp3) is 0.429. The van der Waals surface area contributed by atoms with Gasteiger partial charge in [-0.25, -0.2) is 0 Å². The van der Waals surface area contributed by atoms with Gasteiger partial charge in [-0.15, -0.1) is 6.58 Å². The van der Waals surface area contributed by atoms with E-state index in [-0.39, 0.29) is 11.5 Å². The molecule has 1 atom stereocenters. The van der Waals surface area contributed by atoms with Crippen molar-refractivity contribution in [2.45, 2.75) is 38.7 Å². The molecule has 0 amide bonds. The number of aliphatic hydroxyl groups is 1. The normalized spacial score (nSPS) is 13.6. The van der Waals surface area contributed by atoms with E-state index in [0.29, 0.717) is 6.42 Å². The second-order valence-corrected chi connectivity index (χ2v) is 4.76. The van der Waals surface area contributed by atoms with Crippen molar-refractivity contribution in [2.24, 2.45) is 0 Å². The molecule has 1 aromatic rings. The van der Waals surface area contributed by atoms with Gasteiger partial charge >= 0.3 is 0 Å². The highest BCUT2D eigenvalue weighted by Crippen LogP contribution is 2.29. The average molecular weight is 204 g/mol. The third-order valence-electron chi connectivity index (χ3n) is 2.89. The van der Waals surface area contributed by atoms with Gasteiger partial charge in [0.1, 0.15) is 0 Å². The second kappa shape index (κ2) is 4.63.